The van der Waals surface area contributed by atoms with Crippen LogP contribution in [0.3, 0.4) is 0 Å². The highest BCUT2D eigenvalue weighted by Gasteiger charge is 2.29. The molecule has 7 heteroatoms. The number of aryl methyl sites for hydroxylation is 2. The smallest absolute Gasteiger partial charge is 0.347 e. The van der Waals surface area contributed by atoms with Crippen LogP contribution in [0.4, 0.5) is 0 Å². The summed E-state index contributed by atoms with van der Waals surface area (Å²) < 4.78 is 7.26. The highest BCUT2D eigenvalue weighted by Crippen LogP contribution is 2.24. The Kier molecular flexibility index (Phi) is 7.01. The summed E-state index contributed by atoms with van der Waals surface area (Å²) in [6, 6.07) is 15.2. The van der Waals surface area contributed by atoms with Crippen molar-refractivity contribution >= 4 is 11.9 Å². The van der Waals surface area contributed by atoms with E-state index in [4.69, 9.17) is 4.74 Å². The van der Waals surface area contributed by atoms with Crippen LogP contribution in [0.15, 0.2) is 61.2 Å². The molecule has 0 bridgehead atoms. The van der Waals surface area contributed by atoms with E-state index in [1.807, 2.05) is 44.2 Å². The molecule has 0 unspecified atom stereocenters. The number of nitrogens with one attached hydrogen (secondary N) is 1. The number of nitrogens with zero attached hydrogens (tertiary/aromatic N) is 2. The quantitative estimate of drug-likeness (QED) is 0.470. The Labute approximate surface area is 193 Å². The summed E-state index contributed by atoms with van der Waals surface area (Å²) >= 11 is 0. The van der Waals surface area contributed by atoms with Gasteiger partial charge in [0.25, 0.3) is 5.91 Å². The molecular weight excluding hydrogens is 418 g/mol. The summed E-state index contributed by atoms with van der Waals surface area (Å²) in [7, 11) is 0. The fourth-order valence-corrected chi connectivity index (χ4v) is 3.25. The largest absolute Gasteiger partial charge is 0.478 e. The topological polar surface area (TPSA) is 93.5 Å². The second-order valence-corrected chi connectivity index (χ2v) is 8.45. The van der Waals surface area contributed by atoms with E-state index < -0.39 is 11.6 Å². The first-order valence-corrected chi connectivity index (χ1v) is 10.7. The number of allylic oxidation sites excluding steroid dienone is 1. The number of rotatable bonds is 9. The molecule has 0 spiro atoms. The highest BCUT2D eigenvalue weighted by molar-refractivity contribution is 5.93. The van der Waals surface area contributed by atoms with Crippen LogP contribution >= 0.6 is 0 Å². The van der Waals surface area contributed by atoms with Gasteiger partial charge in [0.2, 0.25) is 0 Å². The van der Waals surface area contributed by atoms with E-state index in [-0.39, 0.29) is 5.91 Å². The zero-order chi connectivity index (χ0) is 24.2. The summed E-state index contributed by atoms with van der Waals surface area (Å²) in [5, 5.41) is 16.8. The molecule has 0 aliphatic rings. The van der Waals surface area contributed by atoms with E-state index in [9.17, 15) is 14.7 Å². The summed E-state index contributed by atoms with van der Waals surface area (Å²) in [6.07, 6.45) is 1.70. The van der Waals surface area contributed by atoms with Gasteiger partial charge in [-0.15, -0.1) is 6.58 Å². The number of aliphatic carboxylic acids is 1. The third kappa shape index (κ3) is 5.68. The van der Waals surface area contributed by atoms with Gasteiger partial charge in [-0.25, -0.2) is 4.79 Å². The molecule has 0 saturated carbocycles. The van der Waals surface area contributed by atoms with Gasteiger partial charge in [-0.2, -0.15) is 5.10 Å². The van der Waals surface area contributed by atoms with Crippen LogP contribution in [0.5, 0.6) is 5.75 Å². The van der Waals surface area contributed by atoms with Crippen molar-refractivity contribution in [2.45, 2.75) is 46.4 Å². The van der Waals surface area contributed by atoms with E-state index >= 15 is 0 Å². The van der Waals surface area contributed by atoms with Gasteiger partial charge in [0.15, 0.2) is 5.60 Å². The van der Waals surface area contributed by atoms with Crippen LogP contribution in [-0.2, 0) is 17.9 Å². The van der Waals surface area contributed by atoms with Crippen molar-refractivity contribution in [3.63, 3.8) is 0 Å². The van der Waals surface area contributed by atoms with Gasteiger partial charge in [-0.05, 0) is 51.0 Å². The molecule has 7 nitrogen and oxygen atoms in total. The molecule has 2 aromatic carbocycles. The predicted molar refractivity (Wildman–Crippen MR) is 127 cm³/mol. The molecule has 1 amide bonds. The Bertz CT molecular complexity index is 1180. The SMILES string of the molecule is C=CCn1nc(-c2ccc(C)cc2)cc1C(=O)NCc1ccc(OC(C)(C)C(=O)O)c(C)c1. The standard InChI is InChI=1S/C26H29N3O4/c1-6-13-29-22(15-21(28-29)20-10-7-17(2)8-11-20)24(30)27-16-19-9-12-23(18(3)14-19)33-26(4,5)25(31)32/h6-12,14-15H,1,13,16H2,2-5H3,(H,27,30)(H,31,32). The number of carbonyl (C=O) groups excluding carboxylic acids is 1. The van der Waals surface area contributed by atoms with Crippen LogP contribution in [0.1, 0.15) is 41.0 Å². The summed E-state index contributed by atoms with van der Waals surface area (Å²) in [5.74, 6) is -0.795. The Morgan fingerprint density at radius 3 is 2.45 bits per heavy atom. The Hall–Kier alpha value is -3.87. The summed E-state index contributed by atoms with van der Waals surface area (Å²) in [6.45, 7) is 11.3. The molecule has 0 fully saturated rings. The first kappa shape index (κ1) is 23.8. The number of carboxylic acids is 1. The molecular formula is C26H29N3O4. The number of amides is 1. The van der Waals surface area contributed by atoms with Crippen molar-refractivity contribution in [3.8, 4) is 17.0 Å². The maximum Gasteiger partial charge on any atom is 0.347 e. The summed E-state index contributed by atoms with van der Waals surface area (Å²) in [5.41, 5.74) is 3.59. The van der Waals surface area contributed by atoms with Gasteiger partial charge in [0.05, 0.1) is 12.2 Å². The first-order chi connectivity index (χ1) is 15.6. The van der Waals surface area contributed by atoms with Crippen molar-refractivity contribution < 1.29 is 19.4 Å². The maximum atomic E-state index is 12.9. The molecule has 0 aliphatic heterocycles. The fourth-order valence-electron chi connectivity index (χ4n) is 3.25. The first-order valence-electron chi connectivity index (χ1n) is 10.7. The molecule has 1 heterocycles. The molecule has 33 heavy (non-hydrogen) atoms. The van der Waals surface area contributed by atoms with E-state index in [1.165, 1.54) is 13.8 Å². The van der Waals surface area contributed by atoms with Crippen molar-refractivity contribution in [2.75, 3.05) is 0 Å². The van der Waals surface area contributed by atoms with E-state index in [1.54, 1.807) is 29.0 Å². The third-order valence-electron chi connectivity index (χ3n) is 5.23. The van der Waals surface area contributed by atoms with Gasteiger partial charge in [-0.3, -0.25) is 9.48 Å². The minimum atomic E-state index is -1.33. The van der Waals surface area contributed by atoms with Gasteiger partial charge in [-0.1, -0.05) is 48.0 Å². The van der Waals surface area contributed by atoms with Gasteiger partial charge in [0, 0.05) is 12.1 Å². The molecule has 0 atom stereocenters. The molecule has 0 radical (unpaired) electrons. The molecule has 0 saturated heterocycles. The molecule has 1 aromatic heterocycles. The number of hydrogen-bond acceptors (Lipinski definition) is 4. The van der Waals surface area contributed by atoms with E-state index in [0.29, 0.717) is 24.5 Å². The minimum absolute atomic E-state index is 0.243. The minimum Gasteiger partial charge on any atom is -0.478 e. The van der Waals surface area contributed by atoms with E-state index in [0.717, 1.165) is 27.9 Å². The molecule has 3 rings (SSSR count). The number of benzene rings is 2. The lowest BCUT2D eigenvalue weighted by molar-refractivity contribution is -0.152. The van der Waals surface area contributed by atoms with Crippen molar-refractivity contribution in [1.29, 1.82) is 0 Å². The molecule has 172 valence electrons. The average molecular weight is 448 g/mol. The summed E-state index contributed by atoms with van der Waals surface area (Å²) in [4.78, 5) is 24.2. The molecule has 0 aliphatic carbocycles. The molecule has 2 N–H and O–H groups in total. The number of carbonyl (C=O) groups is 2. The Morgan fingerprint density at radius 1 is 1.15 bits per heavy atom. The van der Waals surface area contributed by atoms with Gasteiger partial charge in [0.1, 0.15) is 11.4 Å². The zero-order valence-corrected chi connectivity index (χ0v) is 19.4. The predicted octanol–water partition coefficient (Wildman–Crippen LogP) is 4.52. The lowest BCUT2D eigenvalue weighted by Gasteiger charge is -2.23. The lowest BCUT2D eigenvalue weighted by atomic mass is 10.1. The fraction of sp³-hybridized carbons (Fsp3) is 0.269. The monoisotopic (exact) mass is 447 g/mol. The van der Waals surface area contributed by atoms with Crippen molar-refractivity contribution in [3.05, 3.63) is 83.6 Å². The van der Waals surface area contributed by atoms with Gasteiger partial charge >= 0.3 is 5.97 Å². The Morgan fingerprint density at radius 2 is 1.85 bits per heavy atom. The maximum absolute atomic E-state index is 12.9. The van der Waals surface area contributed by atoms with Crippen molar-refractivity contribution in [2.24, 2.45) is 0 Å². The van der Waals surface area contributed by atoms with Crippen LogP contribution in [0.25, 0.3) is 11.3 Å². The second kappa shape index (κ2) is 9.73. The van der Waals surface area contributed by atoms with Crippen LogP contribution in [-0.4, -0.2) is 32.4 Å². The normalized spacial score (nSPS) is 11.2. The number of aromatic nitrogens is 2. The highest BCUT2D eigenvalue weighted by atomic mass is 16.5. The number of carboxylic acid groups (broad SMARTS) is 1. The number of ether oxygens (including phenoxy) is 1. The van der Waals surface area contributed by atoms with E-state index in [2.05, 4.69) is 17.0 Å². The second-order valence-electron chi connectivity index (χ2n) is 8.45. The third-order valence-corrected chi connectivity index (χ3v) is 5.23. The van der Waals surface area contributed by atoms with Crippen LogP contribution in [0, 0.1) is 13.8 Å². The number of hydrogen-bond donors (Lipinski definition) is 2. The van der Waals surface area contributed by atoms with Crippen molar-refractivity contribution in [1.82, 2.24) is 15.1 Å². The average Bonchev–Trinajstić information content (AvgIpc) is 3.18. The lowest BCUT2D eigenvalue weighted by Crippen LogP contribution is -2.38. The van der Waals surface area contributed by atoms with Gasteiger partial charge < -0.3 is 15.2 Å². The zero-order valence-electron chi connectivity index (χ0n) is 19.4. The van der Waals surface area contributed by atoms with Crippen LogP contribution < -0.4 is 10.1 Å². The van der Waals surface area contributed by atoms with Crippen LogP contribution in [0.2, 0.25) is 0 Å². The Balaban J connectivity index is 1.74. The molecule has 3 aromatic rings.